The van der Waals surface area contributed by atoms with Gasteiger partial charge in [0.2, 0.25) is 10.0 Å². The first-order valence-electron chi connectivity index (χ1n) is 9.44. The molecule has 1 amide bonds. The van der Waals surface area contributed by atoms with E-state index >= 15 is 0 Å². The van der Waals surface area contributed by atoms with Crippen LogP contribution in [0.1, 0.15) is 28.8 Å². The highest BCUT2D eigenvalue weighted by Crippen LogP contribution is 2.37. The molecule has 0 spiro atoms. The van der Waals surface area contributed by atoms with Crippen molar-refractivity contribution in [2.75, 3.05) is 25.5 Å². The van der Waals surface area contributed by atoms with Crippen molar-refractivity contribution < 1.29 is 22.7 Å². The van der Waals surface area contributed by atoms with Crippen LogP contribution in [0.3, 0.4) is 0 Å². The smallest absolute Gasteiger partial charge is 0.321 e. The third-order valence-electron chi connectivity index (χ3n) is 4.77. The number of carbonyl (C=O) groups excluding carboxylic acids is 2. The number of carbonyl (C=O) groups is 2. The number of esters is 1. The van der Waals surface area contributed by atoms with Crippen molar-refractivity contribution in [1.29, 1.82) is 5.26 Å². The van der Waals surface area contributed by atoms with Crippen LogP contribution >= 0.6 is 22.9 Å². The molecule has 1 aromatic heterocycles. The summed E-state index contributed by atoms with van der Waals surface area (Å²) >= 11 is 7.14. The number of thiophene rings is 1. The number of benzene rings is 1. The zero-order valence-electron chi connectivity index (χ0n) is 16.7. The fourth-order valence-electron chi connectivity index (χ4n) is 3.18. The molecular formula is C20H20ClN3O5S2. The Morgan fingerprint density at radius 1 is 1.26 bits per heavy atom. The number of ether oxygens (including phenoxy) is 1. The van der Waals surface area contributed by atoms with Crippen LogP contribution in [0.25, 0.3) is 0 Å². The lowest BCUT2D eigenvalue weighted by Crippen LogP contribution is -2.34. The van der Waals surface area contributed by atoms with E-state index in [1.807, 2.05) is 0 Å². The Balaban J connectivity index is 1.55. The predicted octanol–water partition coefficient (Wildman–Crippen LogP) is 2.95. The molecule has 0 unspecified atom stereocenters. The molecule has 0 atom stereocenters. The van der Waals surface area contributed by atoms with Crippen LogP contribution in [0.4, 0.5) is 5.00 Å². The van der Waals surface area contributed by atoms with Gasteiger partial charge in [0.25, 0.3) is 5.91 Å². The molecule has 164 valence electrons. The zero-order chi connectivity index (χ0) is 22.6. The van der Waals surface area contributed by atoms with Crippen LogP contribution in [0, 0.1) is 11.3 Å². The van der Waals surface area contributed by atoms with E-state index in [4.69, 9.17) is 16.3 Å². The Morgan fingerprint density at radius 2 is 1.94 bits per heavy atom. The minimum atomic E-state index is -3.91. The van der Waals surface area contributed by atoms with E-state index in [0.717, 1.165) is 40.4 Å². The number of sulfonamides is 1. The summed E-state index contributed by atoms with van der Waals surface area (Å²) < 4.78 is 30.7. The van der Waals surface area contributed by atoms with E-state index in [1.165, 1.54) is 42.6 Å². The Labute approximate surface area is 189 Å². The van der Waals surface area contributed by atoms with Gasteiger partial charge in [-0.3, -0.25) is 9.59 Å². The molecule has 0 bridgehead atoms. The molecule has 0 radical (unpaired) electrons. The van der Waals surface area contributed by atoms with Gasteiger partial charge in [0, 0.05) is 16.9 Å². The summed E-state index contributed by atoms with van der Waals surface area (Å²) in [4.78, 5) is 25.3. The fourth-order valence-corrected chi connectivity index (χ4v) is 5.68. The number of nitriles is 1. The van der Waals surface area contributed by atoms with Crippen LogP contribution in [0.15, 0.2) is 29.2 Å². The third kappa shape index (κ3) is 5.43. The molecule has 2 aromatic rings. The fraction of sp³-hybridized carbons (Fsp3) is 0.350. The first kappa shape index (κ1) is 23.2. The van der Waals surface area contributed by atoms with Crippen molar-refractivity contribution in [2.45, 2.75) is 30.6 Å². The van der Waals surface area contributed by atoms with Crippen molar-refractivity contribution >= 4 is 49.8 Å². The Morgan fingerprint density at radius 3 is 2.61 bits per heavy atom. The Bertz CT molecular complexity index is 1140. The number of hydrogen-bond donors (Lipinski definition) is 1. The minimum Gasteiger partial charge on any atom is -0.455 e. The number of amides is 1. The number of nitrogens with zero attached hydrogens (tertiary/aromatic N) is 2. The number of fused-ring (bicyclic) bond motifs is 1. The molecule has 1 heterocycles. The van der Waals surface area contributed by atoms with E-state index in [-0.39, 0.29) is 4.90 Å². The highest BCUT2D eigenvalue weighted by Gasteiger charge is 2.25. The van der Waals surface area contributed by atoms with Crippen LogP contribution in [0.5, 0.6) is 0 Å². The van der Waals surface area contributed by atoms with Gasteiger partial charge in [-0.1, -0.05) is 11.6 Å². The van der Waals surface area contributed by atoms with Crippen molar-refractivity contribution in [2.24, 2.45) is 0 Å². The van der Waals surface area contributed by atoms with E-state index in [2.05, 4.69) is 11.4 Å². The predicted molar refractivity (Wildman–Crippen MR) is 117 cm³/mol. The summed E-state index contributed by atoms with van der Waals surface area (Å²) in [5.41, 5.74) is 1.45. The molecule has 1 aliphatic rings. The van der Waals surface area contributed by atoms with E-state index in [9.17, 15) is 23.3 Å². The average Bonchev–Trinajstić information content (AvgIpc) is 3.09. The number of halogens is 1. The SMILES string of the molecule is CN(CC(=O)OCC(=O)Nc1sc2c(c1C#N)CCCC2)S(=O)(=O)c1ccc(Cl)cc1. The molecule has 1 N–H and O–H groups in total. The van der Waals surface area contributed by atoms with Gasteiger partial charge in [-0.15, -0.1) is 11.3 Å². The van der Waals surface area contributed by atoms with E-state index in [0.29, 0.717) is 15.6 Å². The molecule has 0 fully saturated rings. The molecule has 0 aliphatic heterocycles. The zero-order valence-corrected chi connectivity index (χ0v) is 19.1. The van der Waals surface area contributed by atoms with Gasteiger partial charge in [0.05, 0.1) is 10.5 Å². The van der Waals surface area contributed by atoms with Crippen molar-refractivity contribution in [3.05, 3.63) is 45.3 Å². The lowest BCUT2D eigenvalue weighted by Gasteiger charge is -2.16. The quantitative estimate of drug-likeness (QED) is 0.607. The second-order valence-corrected chi connectivity index (χ2v) is 10.5. The van der Waals surface area contributed by atoms with Crippen molar-refractivity contribution in [1.82, 2.24) is 4.31 Å². The highest BCUT2D eigenvalue weighted by atomic mass is 35.5. The number of hydrogen-bond acceptors (Lipinski definition) is 7. The monoisotopic (exact) mass is 481 g/mol. The van der Waals surface area contributed by atoms with Crippen molar-refractivity contribution in [3.8, 4) is 6.07 Å². The molecule has 11 heteroatoms. The first-order chi connectivity index (χ1) is 14.7. The Hall–Kier alpha value is -2.45. The maximum Gasteiger partial charge on any atom is 0.321 e. The van der Waals surface area contributed by atoms with Crippen LogP contribution in [-0.4, -0.2) is 44.8 Å². The maximum absolute atomic E-state index is 12.5. The van der Waals surface area contributed by atoms with Crippen LogP contribution in [0.2, 0.25) is 5.02 Å². The average molecular weight is 482 g/mol. The van der Waals surface area contributed by atoms with Gasteiger partial charge in [0.1, 0.15) is 17.6 Å². The molecule has 1 aromatic carbocycles. The van der Waals surface area contributed by atoms with Crippen LogP contribution in [-0.2, 0) is 37.2 Å². The summed E-state index contributed by atoms with van der Waals surface area (Å²) in [6.45, 7) is -1.14. The largest absolute Gasteiger partial charge is 0.455 e. The van der Waals surface area contributed by atoms with Gasteiger partial charge in [-0.2, -0.15) is 9.57 Å². The standard InChI is InChI=1S/C20H20ClN3O5S2/c1-24(31(27,28)14-8-6-13(21)7-9-14)11-19(26)29-12-18(25)23-20-16(10-22)15-4-2-3-5-17(15)30-20/h6-9H,2-5,11-12H2,1H3,(H,23,25). The topological polar surface area (TPSA) is 117 Å². The van der Waals surface area contributed by atoms with Gasteiger partial charge >= 0.3 is 5.97 Å². The molecule has 8 nitrogen and oxygen atoms in total. The molecular weight excluding hydrogens is 462 g/mol. The second kappa shape index (κ2) is 9.78. The normalized spacial score (nSPS) is 13.4. The van der Waals surface area contributed by atoms with E-state index < -0.39 is 35.1 Å². The number of aryl methyl sites for hydroxylation is 1. The molecule has 0 saturated heterocycles. The summed E-state index contributed by atoms with van der Waals surface area (Å²) in [5.74, 6) is -1.46. The van der Waals surface area contributed by atoms with Gasteiger partial charge in [-0.25, -0.2) is 8.42 Å². The number of anilines is 1. The number of nitrogens with one attached hydrogen (secondary N) is 1. The van der Waals surface area contributed by atoms with Gasteiger partial charge in [0.15, 0.2) is 6.61 Å². The third-order valence-corrected chi connectivity index (χ3v) is 8.05. The highest BCUT2D eigenvalue weighted by molar-refractivity contribution is 7.89. The van der Waals surface area contributed by atoms with Crippen molar-refractivity contribution in [3.63, 3.8) is 0 Å². The molecule has 1 aliphatic carbocycles. The molecule has 3 rings (SSSR count). The first-order valence-corrected chi connectivity index (χ1v) is 12.1. The van der Waals surface area contributed by atoms with E-state index in [1.54, 1.807) is 0 Å². The Kier molecular flexibility index (Phi) is 7.33. The van der Waals surface area contributed by atoms with Gasteiger partial charge < -0.3 is 10.1 Å². The lowest BCUT2D eigenvalue weighted by molar-refractivity contribution is -0.147. The summed E-state index contributed by atoms with van der Waals surface area (Å²) in [6, 6.07) is 7.68. The minimum absolute atomic E-state index is 0.0179. The van der Waals surface area contributed by atoms with Crippen LogP contribution < -0.4 is 5.32 Å². The maximum atomic E-state index is 12.5. The number of likely N-dealkylation sites (N-methyl/N-ethyl adjacent to an activating group) is 1. The number of rotatable bonds is 7. The summed E-state index contributed by atoms with van der Waals surface area (Å²) in [5, 5.41) is 12.9. The van der Waals surface area contributed by atoms with Gasteiger partial charge in [-0.05, 0) is 55.5 Å². The second-order valence-electron chi connectivity index (χ2n) is 6.95. The molecule has 31 heavy (non-hydrogen) atoms. The lowest BCUT2D eigenvalue weighted by atomic mass is 9.96. The summed E-state index contributed by atoms with van der Waals surface area (Å²) in [7, 11) is -2.67. The molecule has 0 saturated carbocycles. The summed E-state index contributed by atoms with van der Waals surface area (Å²) in [6.07, 6.45) is 3.76.